The highest BCUT2D eigenvalue weighted by molar-refractivity contribution is 7.87. The van der Waals surface area contributed by atoms with Gasteiger partial charge in [0, 0.05) is 32.2 Å². The lowest BCUT2D eigenvalue weighted by atomic mass is 10.3. The summed E-state index contributed by atoms with van der Waals surface area (Å²) in [5.41, 5.74) is 0. The summed E-state index contributed by atoms with van der Waals surface area (Å²) in [6, 6.07) is 0.384. The van der Waals surface area contributed by atoms with Crippen molar-refractivity contribution in [2.24, 2.45) is 0 Å². The molecule has 1 fully saturated rings. The first-order valence-electron chi connectivity index (χ1n) is 8.00. The lowest BCUT2D eigenvalue weighted by Gasteiger charge is -2.24. The Kier molecular flexibility index (Phi) is 8.12. The topological polar surface area (TPSA) is 64.7 Å². The molecule has 0 aromatic rings. The van der Waals surface area contributed by atoms with Crippen LogP contribution < -0.4 is 10.0 Å². The maximum Gasteiger partial charge on any atom is 0.279 e. The molecule has 126 valence electrons. The largest absolute Gasteiger partial charge is 0.314 e. The normalized spacial score (nSPS) is 18.8. The van der Waals surface area contributed by atoms with Gasteiger partial charge in [0.05, 0.1) is 0 Å². The highest BCUT2D eigenvalue weighted by Gasteiger charge is 2.22. The van der Waals surface area contributed by atoms with Gasteiger partial charge < -0.3 is 10.2 Å². The molecule has 1 saturated heterocycles. The molecule has 0 aromatic carbocycles. The number of nitrogens with one attached hydrogen (secondary N) is 2. The van der Waals surface area contributed by atoms with Crippen LogP contribution in [-0.2, 0) is 10.2 Å². The van der Waals surface area contributed by atoms with Gasteiger partial charge >= 0.3 is 0 Å². The highest BCUT2D eigenvalue weighted by atomic mass is 32.2. The average molecular weight is 321 g/mol. The second kappa shape index (κ2) is 9.05. The predicted molar refractivity (Wildman–Crippen MR) is 87.6 cm³/mol. The monoisotopic (exact) mass is 320 g/mol. The Hall–Kier alpha value is -0.210. The van der Waals surface area contributed by atoms with E-state index in [2.05, 4.69) is 28.8 Å². The standard InChI is InChI=1S/C14H32N4O2S/c1-13(2)15-8-7-9-17(4)21(19,20)16-14(3)12-18-10-5-6-11-18/h13-16H,5-12H2,1-4H3. The van der Waals surface area contributed by atoms with Crippen LogP contribution in [0.2, 0.25) is 0 Å². The average Bonchev–Trinajstić information content (AvgIpc) is 2.85. The van der Waals surface area contributed by atoms with Crippen LogP contribution in [0.1, 0.15) is 40.0 Å². The molecule has 2 N–H and O–H groups in total. The third kappa shape index (κ3) is 7.56. The van der Waals surface area contributed by atoms with Crippen LogP contribution in [0.3, 0.4) is 0 Å². The molecule has 1 unspecified atom stereocenters. The first kappa shape index (κ1) is 18.8. The Morgan fingerprint density at radius 3 is 2.38 bits per heavy atom. The van der Waals surface area contributed by atoms with Crippen LogP contribution in [0.25, 0.3) is 0 Å². The van der Waals surface area contributed by atoms with Gasteiger partial charge in [-0.25, -0.2) is 0 Å². The second-order valence-corrected chi connectivity index (χ2v) is 8.12. The zero-order valence-corrected chi connectivity index (χ0v) is 14.7. The number of likely N-dealkylation sites (tertiary alicyclic amines) is 1. The van der Waals surface area contributed by atoms with Gasteiger partial charge in [-0.15, -0.1) is 0 Å². The zero-order valence-electron chi connectivity index (χ0n) is 13.9. The molecule has 0 radical (unpaired) electrons. The molecule has 0 saturated carbocycles. The summed E-state index contributed by atoms with van der Waals surface area (Å²) in [6.45, 7) is 10.4. The molecule has 0 amide bonds. The number of rotatable bonds is 10. The van der Waals surface area contributed by atoms with E-state index < -0.39 is 10.2 Å². The SMILES string of the molecule is CC(C)NCCCN(C)S(=O)(=O)NC(C)CN1CCCC1. The van der Waals surface area contributed by atoms with Crippen molar-refractivity contribution in [3.8, 4) is 0 Å². The molecule has 7 heteroatoms. The maximum atomic E-state index is 12.2. The molecule has 6 nitrogen and oxygen atoms in total. The Morgan fingerprint density at radius 2 is 1.81 bits per heavy atom. The van der Waals surface area contributed by atoms with Gasteiger partial charge in [0.1, 0.15) is 0 Å². The van der Waals surface area contributed by atoms with Crippen LogP contribution in [-0.4, -0.2) is 69.5 Å². The van der Waals surface area contributed by atoms with Gasteiger partial charge in [0.15, 0.2) is 0 Å². The minimum absolute atomic E-state index is 0.0515. The minimum atomic E-state index is -3.37. The van der Waals surface area contributed by atoms with Crippen LogP contribution >= 0.6 is 0 Å². The third-order valence-electron chi connectivity index (χ3n) is 3.69. The van der Waals surface area contributed by atoms with Gasteiger partial charge in [-0.05, 0) is 45.8 Å². The Morgan fingerprint density at radius 1 is 1.19 bits per heavy atom. The van der Waals surface area contributed by atoms with Gasteiger partial charge in [0.25, 0.3) is 10.2 Å². The molecule has 1 heterocycles. The Balaban J connectivity index is 2.29. The van der Waals surface area contributed by atoms with E-state index in [1.54, 1.807) is 7.05 Å². The molecule has 0 bridgehead atoms. The lowest BCUT2D eigenvalue weighted by Crippen LogP contribution is -2.47. The maximum absolute atomic E-state index is 12.2. The minimum Gasteiger partial charge on any atom is -0.314 e. The third-order valence-corrected chi connectivity index (χ3v) is 5.40. The zero-order chi connectivity index (χ0) is 15.9. The summed E-state index contributed by atoms with van der Waals surface area (Å²) in [5, 5.41) is 3.29. The predicted octanol–water partition coefficient (Wildman–Crippen LogP) is 0.625. The fourth-order valence-corrected chi connectivity index (χ4v) is 3.68. The van der Waals surface area contributed by atoms with Gasteiger partial charge in [-0.1, -0.05) is 13.8 Å². The molecule has 1 atom stereocenters. The van der Waals surface area contributed by atoms with Gasteiger partial charge in [0.2, 0.25) is 0 Å². The van der Waals surface area contributed by atoms with E-state index in [1.807, 2.05) is 6.92 Å². The summed E-state index contributed by atoms with van der Waals surface area (Å²) in [5.74, 6) is 0. The van der Waals surface area contributed by atoms with Crippen molar-refractivity contribution in [1.82, 2.24) is 19.2 Å². The van der Waals surface area contributed by atoms with E-state index in [4.69, 9.17) is 0 Å². The Bertz CT molecular complexity index is 380. The van der Waals surface area contributed by atoms with Crippen molar-refractivity contribution < 1.29 is 8.42 Å². The van der Waals surface area contributed by atoms with Crippen molar-refractivity contribution in [3.63, 3.8) is 0 Å². The van der Waals surface area contributed by atoms with Crippen LogP contribution in [0, 0.1) is 0 Å². The Labute approximate surface area is 130 Å². The molecule has 0 aromatic heterocycles. The van der Waals surface area contributed by atoms with E-state index in [9.17, 15) is 8.42 Å². The highest BCUT2D eigenvalue weighted by Crippen LogP contribution is 2.08. The fourth-order valence-electron chi connectivity index (χ4n) is 2.55. The summed E-state index contributed by atoms with van der Waals surface area (Å²) >= 11 is 0. The molecule has 1 aliphatic heterocycles. The quantitative estimate of drug-likeness (QED) is 0.579. The smallest absolute Gasteiger partial charge is 0.279 e. The summed E-state index contributed by atoms with van der Waals surface area (Å²) in [6.07, 6.45) is 3.26. The molecule has 0 spiro atoms. The molecule has 1 rings (SSSR count). The molecule has 1 aliphatic rings. The summed E-state index contributed by atoms with van der Waals surface area (Å²) in [7, 11) is -1.73. The van der Waals surface area contributed by atoms with Gasteiger partial charge in [-0.3, -0.25) is 0 Å². The number of hydrogen-bond acceptors (Lipinski definition) is 4. The molecular weight excluding hydrogens is 288 g/mol. The van der Waals surface area contributed by atoms with Crippen molar-refractivity contribution >= 4 is 10.2 Å². The fraction of sp³-hybridized carbons (Fsp3) is 1.00. The van der Waals surface area contributed by atoms with Crippen molar-refractivity contribution in [2.75, 3.05) is 39.8 Å². The molecule has 0 aliphatic carbocycles. The first-order valence-corrected chi connectivity index (χ1v) is 9.44. The van der Waals surface area contributed by atoms with Crippen LogP contribution in [0.5, 0.6) is 0 Å². The van der Waals surface area contributed by atoms with Crippen molar-refractivity contribution in [3.05, 3.63) is 0 Å². The van der Waals surface area contributed by atoms with Crippen LogP contribution in [0.15, 0.2) is 0 Å². The van der Waals surface area contributed by atoms with Crippen LogP contribution in [0.4, 0.5) is 0 Å². The van der Waals surface area contributed by atoms with Crippen molar-refractivity contribution in [2.45, 2.75) is 52.1 Å². The summed E-state index contributed by atoms with van der Waals surface area (Å²) < 4.78 is 28.6. The first-order chi connectivity index (χ1) is 9.81. The van der Waals surface area contributed by atoms with Gasteiger partial charge in [-0.2, -0.15) is 17.4 Å². The van der Waals surface area contributed by atoms with E-state index in [-0.39, 0.29) is 6.04 Å². The second-order valence-electron chi connectivity index (χ2n) is 6.32. The molecule has 21 heavy (non-hydrogen) atoms. The summed E-state index contributed by atoms with van der Waals surface area (Å²) in [4.78, 5) is 2.32. The van der Waals surface area contributed by atoms with Crippen molar-refractivity contribution in [1.29, 1.82) is 0 Å². The van der Waals surface area contributed by atoms with E-state index in [1.165, 1.54) is 17.1 Å². The number of nitrogens with zero attached hydrogens (tertiary/aromatic N) is 2. The van der Waals surface area contributed by atoms with E-state index in [0.717, 1.165) is 32.6 Å². The number of hydrogen-bond donors (Lipinski definition) is 2. The lowest BCUT2D eigenvalue weighted by molar-refractivity contribution is 0.309. The van der Waals surface area contributed by atoms with E-state index in [0.29, 0.717) is 12.6 Å². The molecular formula is C14H32N4O2S. The van der Waals surface area contributed by atoms with E-state index >= 15 is 0 Å².